The minimum atomic E-state index is -0.796. The zero-order valence-corrected chi connectivity index (χ0v) is 19.7. The Hall–Kier alpha value is -2.48. The monoisotopic (exact) mass is 446 g/mol. The Morgan fingerprint density at radius 3 is 2.50 bits per heavy atom. The van der Waals surface area contributed by atoms with Gasteiger partial charge in [-0.3, -0.25) is 9.58 Å². The molecule has 0 bridgehead atoms. The number of hydrogen-bond donors (Lipinski definition) is 2. The minimum Gasteiger partial charge on any atom is -0.357 e. The summed E-state index contributed by atoms with van der Waals surface area (Å²) in [5.41, 5.74) is 4.40. The number of hydrogen-bond acceptors (Lipinski definition) is 3. The second-order valence-electron chi connectivity index (χ2n) is 8.34. The van der Waals surface area contributed by atoms with Crippen molar-refractivity contribution in [3.8, 4) is 0 Å². The zero-order chi connectivity index (χ0) is 23.1. The summed E-state index contributed by atoms with van der Waals surface area (Å²) in [7, 11) is 2.00. The van der Waals surface area contributed by atoms with E-state index in [1.54, 1.807) is 6.07 Å². The van der Waals surface area contributed by atoms with Crippen LogP contribution in [0.15, 0.2) is 23.2 Å². The summed E-state index contributed by atoms with van der Waals surface area (Å²) < 4.78 is 28.6. The highest BCUT2D eigenvalue weighted by molar-refractivity contribution is 5.80. The number of rotatable bonds is 8. The Morgan fingerprint density at radius 2 is 1.88 bits per heavy atom. The molecule has 1 aliphatic rings. The van der Waals surface area contributed by atoms with Crippen LogP contribution in [0.25, 0.3) is 0 Å². The fraction of sp³-hybridized carbons (Fsp3) is 0.583. The Bertz CT molecular complexity index is 915. The standard InChI is InChI=1S/C24H36F2N6/c1-5-22-19(23(6-2)31(4)30-22)15-28-24(27-7-3)29-18-10-12-32(13-11-18)16-17-8-9-20(25)21(26)14-17/h8-9,14,18H,5-7,10-13,15-16H2,1-4H3,(H2,27,28,29). The minimum absolute atomic E-state index is 0.333. The average molecular weight is 447 g/mol. The van der Waals surface area contributed by atoms with E-state index in [0.29, 0.717) is 19.1 Å². The fourth-order valence-electron chi connectivity index (χ4n) is 4.38. The average Bonchev–Trinajstić information content (AvgIpc) is 3.10. The van der Waals surface area contributed by atoms with E-state index >= 15 is 0 Å². The first kappa shape index (κ1) is 24.2. The molecular weight excluding hydrogens is 410 g/mol. The first-order valence-electron chi connectivity index (χ1n) is 11.7. The molecule has 0 spiro atoms. The first-order valence-corrected chi connectivity index (χ1v) is 11.7. The van der Waals surface area contributed by atoms with Gasteiger partial charge in [0.1, 0.15) is 0 Å². The number of guanidine groups is 1. The van der Waals surface area contributed by atoms with Crippen molar-refractivity contribution in [3.05, 3.63) is 52.3 Å². The molecule has 32 heavy (non-hydrogen) atoms. The number of nitrogens with one attached hydrogen (secondary N) is 2. The molecule has 2 aromatic rings. The Kier molecular flexibility index (Phi) is 8.61. The van der Waals surface area contributed by atoms with Crippen molar-refractivity contribution in [2.24, 2.45) is 12.0 Å². The summed E-state index contributed by atoms with van der Waals surface area (Å²) in [6.45, 7) is 10.2. The summed E-state index contributed by atoms with van der Waals surface area (Å²) in [6.07, 6.45) is 3.79. The highest BCUT2D eigenvalue weighted by Crippen LogP contribution is 2.18. The van der Waals surface area contributed by atoms with Crippen molar-refractivity contribution < 1.29 is 8.78 Å². The van der Waals surface area contributed by atoms with Gasteiger partial charge >= 0.3 is 0 Å². The van der Waals surface area contributed by atoms with E-state index in [1.807, 2.05) is 11.7 Å². The van der Waals surface area contributed by atoms with E-state index in [0.717, 1.165) is 62.5 Å². The molecule has 0 aliphatic carbocycles. The predicted octanol–water partition coefficient (Wildman–Crippen LogP) is 3.54. The summed E-state index contributed by atoms with van der Waals surface area (Å²) in [4.78, 5) is 7.15. The largest absolute Gasteiger partial charge is 0.357 e. The van der Waals surface area contributed by atoms with Crippen LogP contribution < -0.4 is 10.6 Å². The third kappa shape index (κ3) is 6.06. The number of halogens is 2. The molecule has 2 heterocycles. The molecule has 0 saturated carbocycles. The molecule has 1 fully saturated rings. The molecule has 176 valence electrons. The third-order valence-corrected chi connectivity index (χ3v) is 6.09. The van der Waals surface area contributed by atoms with Gasteiger partial charge in [0.25, 0.3) is 0 Å². The Balaban J connectivity index is 1.57. The van der Waals surface area contributed by atoms with Crippen LogP contribution >= 0.6 is 0 Å². The molecule has 1 aromatic heterocycles. The number of aromatic nitrogens is 2. The van der Waals surface area contributed by atoms with E-state index in [1.165, 1.54) is 23.4 Å². The van der Waals surface area contributed by atoms with Crippen molar-refractivity contribution in [3.63, 3.8) is 0 Å². The van der Waals surface area contributed by atoms with Crippen molar-refractivity contribution in [1.82, 2.24) is 25.3 Å². The van der Waals surface area contributed by atoms with Crippen LogP contribution in [-0.4, -0.2) is 46.3 Å². The first-order chi connectivity index (χ1) is 15.4. The normalized spacial score (nSPS) is 15.9. The lowest BCUT2D eigenvalue weighted by atomic mass is 10.0. The van der Waals surface area contributed by atoms with Crippen molar-refractivity contribution in [2.45, 2.75) is 65.6 Å². The molecule has 1 aliphatic heterocycles. The van der Waals surface area contributed by atoms with Crippen LogP contribution in [0.2, 0.25) is 0 Å². The highest BCUT2D eigenvalue weighted by Gasteiger charge is 2.21. The molecular formula is C24H36F2N6. The van der Waals surface area contributed by atoms with E-state index in [2.05, 4.69) is 41.4 Å². The number of nitrogens with zero attached hydrogens (tertiary/aromatic N) is 4. The van der Waals surface area contributed by atoms with Crippen LogP contribution in [0.5, 0.6) is 0 Å². The number of likely N-dealkylation sites (tertiary alicyclic amines) is 1. The molecule has 6 nitrogen and oxygen atoms in total. The molecule has 3 rings (SSSR count). The van der Waals surface area contributed by atoms with Crippen LogP contribution in [0.3, 0.4) is 0 Å². The molecule has 0 atom stereocenters. The highest BCUT2D eigenvalue weighted by atomic mass is 19.2. The van der Waals surface area contributed by atoms with Gasteiger partial charge in [0.05, 0.1) is 12.2 Å². The van der Waals surface area contributed by atoms with Crippen molar-refractivity contribution in [1.29, 1.82) is 0 Å². The van der Waals surface area contributed by atoms with E-state index < -0.39 is 11.6 Å². The molecule has 0 unspecified atom stereocenters. The van der Waals surface area contributed by atoms with Gasteiger partial charge in [-0.05, 0) is 50.3 Å². The predicted molar refractivity (Wildman–Crippen MR) is 125 cm³/mol. The van der Waals surface area contributed by atoms with Gasteiger partial charge in [0.2, 0.25) is 0 Å². The molecule has 1 saturated heterocycles. The molecule has 1 aromatic carbocycles. The maximum Gasteiger partial charge on any atom is 0.191 e. The number of aliphatic imine (C=N–C) groups is 1. The van der Waals surface area contributed by atoms with Crippen LogP contribution in [0.4, 0.5) is 8.78 Å². The third-order valence-electron chi connectivity index (χ3n) is 6.09. The van der Waals surface area contributed by atoms with Gasteiger partial charge in [-0.15, -0.1) is 0 Å². The Morgan fingerprint density at radius 1 is 1.12 bits per heavy atom. The van der Waals surface area contributed by atoms with E-state index in [-0.39, 0.29) is 0 Å². The van der Waals surface area contributed by atoms with Crippen molar-refractivity contribution in [2.75, 3.05) is 19.6 Å². The molecule has 0 radical (unpaired) electrons. The number of piperidine rings is 1. The summed E-state index contributed by atoms with van der Waals surface area (Å²) >= 11 is 0. The summed E-state index contributed by atoms with van der Waals surface area (Å²) in [6, 6.07) is 4.49. The van der Waals surface area contributed by atoms with Gasteiger partial charge in [0, 0.05) is 50.5 Å². The smallest absolute Gasteiger partial charge is 0.191 e. The lowest BCUT2D eigenvalue weighted by Crippen LogP contribution is -2.48. The van der Waals surface area contributed by atoms with Gasteiger partial charge in [-0.25, -0.2) is 13.8 Å². The molecule has 2 N–H and O–H groups in total. The second-order valence-corrected chi connectivity index (χ2v) is 8.34. The molecule has 0 amide bonds. The lowest BCUT2D eigenvalue weighted by Gasteiger charge is -2.33. The van der Waals surface area contributed by atoms with E-state index in [9.17, 15) is 8.78 Å². The summed E-state index contributed by atoms with van der Waals surface area (Å²) in [5, 5.41) is 11.6. The maximum atomic E-state index is 13.5. The Labute approximate surface area is 190 Å². The SMILES string of the molecule is CCNC(=NCc1c(CC)nn(C)c1CC)NC1CCN(Cc2ccc(F)c(F)c2)CC1. The van der Waals surface area contributed by atoms with Crippen molar-refractivity contribution >= 4 is 5.96 Å². The second kappa shape index (κ2) is 11.4. The topological polar surface area (TPSA) is 57.5 Å². The zero-order valence-electron chi connectivity index (χ0n) is 19.7. The van der Waals surface area contributed by atoms with Crippen LogP contribution in [-0.2, 0) is 33.0 Å². The van der Waals surface area contributed by atoms with Gasteiger partial charge in [-0.1, -0.05) is 19.9 Å². The van der Waals surface area contributed by atoms with Crippen LogP contribution in [0, 0.1) is 11.6 Å². The van der Waals surface area contributed by atoms with E-state index in [4.69, 9.17) is 4.99 Å². The van der Waals surface area contributed by atoms with Crippen LogP contribution in [0.1, 0.15) is 56.1 Å². The summed E-state index contributed by atoms with van der Waals surface area (Å²) in [5.74, 6) is -0.744. The molecule has 8 heteroatoms. The number of aryl methyl sites for hydroxylation is 2. The van der Waals surface area contributed by atoms with Gasteiger partial charge in [0.15, 0.2) is 17.6 Å². The van der Waals surface area contributed by atoms with Gasteiger partial charge < -0.3 is 10.6 Å². The fourth-order valence-corrected chi connectivity index (χ4v) is 4.38. The lowest BCUT2D eigenvalue weighted by molar-refractivity contribution is 0.198. The quantitative estimate of drug-likeness (QED) is 0.481. The number of benzene rings is 1. The van der Waals surface area contributed by atoms with Gasteiger partial charge in [-0.2, -0.15) is 5.10 Å². The maximum absolute atomic E-state index is 13.5.